The molecule has 1 aromatic heterocycles. The Morgan fingerprint density at radius 2 is 1.83 bits per heavy atom. The lowest BCUT2D eigenvalue weighted by Crippen LogP contribution is -2.14. The summed E-state index contributed by atoms with van der Waals surface area (Å²) in [5, 5.41) is 3.35. The highest BCUT2D eigenvalue weighted by Gasteiger charge is 2.08. The van der Waals surface area contributed by atoms with Gasteiger partial charge in [-0.3, -0.25) is 4.57 Å². The van der Waals surface area contributed by atoms with Gasteiger partial charge in [-0.2, -0.15) is 0 Å². The first kappa shape index (κ1) is 13.1. The van der Waals surface area contributed by atoms with Crippen molar-refractivity contribution in [3.8, 4) is 5.69 Å². The van der Waals surface area contributed by atoms with Crippen molar-refractivity contribution in [1.29, 1.82) is 0 Å². The lowest BCUT2D eigenvalue weighted by molar-refractivity contribution is 0.863. The number of hydrogen-bond donors (Lipinski definition) is 1. The fourth-order valence-electron chi connectivity index (χ4n) is 1.94. The predicted molar refractivity (Wildman–Crippen MR) is 79.5 cm³/mol. The highest BCUT2D eigenvalue weighted by molar-refractivity contribution is 9.10. The number of anilines is 1. The molecule has 0 fully saturated rings. The van der Waals surface area contributed by atoms with E-state index in [1.807, 2.05) is 12.4 Å². The first-order valence-electron chi connectivity index (χ1n) is 6.06. The van der Waals surface area contributed by atoms with Crippen molar-refractivity contribution >= 4 is 21.9 Å². The van der Waals surface area contributed by atoms with Crippen LogP contribution in [0, 0.1) is 13.8 Å². The van der Waals surface area contributed by atoms with E-state index in [-0.39, 0.29) is 0 Å². The van der Waals surface area contributed by atoms with Crippen LogP contribution in [-0.4, -0.2) is 15.6 Å². The quantitative estimate of drug-likeness (QED) is 0.926. The molecule has 0 atom stereocenters. The summed E-state index contributed by atoms with van der Waals surface area (Å²) in [7, 11) is 0. The van der Waals surface area contributed by atoms with Crippen LogP contribution >= 0.6 is 15.9 Å². The van der Waals surface area contributed by atoms with Crippen LogP contribution in [0.2, 0.25) is 0 Å². The highest BCUT2D eigenvalue weighted by atomic mass is 79.9. The van der Waals surface area contributed by atoms with E-state index in [0.29, 0.717) is 6.04 Å². The first-order valence-corrected chi connectivity index (χ1v) is 6.85. The SMILES string of the molecule is Cc1cc(-n2ccnc2NC(C)C)cc(C)c1Br. The number of halogens is 1. The number of rotatable bonds is 3. The third-order valence-corrected chi connectivity index (χ3v) is 4.01. The molecule has 18 heavy (non-hydrogen) atoms. The minimum absolute atomic E-state index is 0.365. The number of aromatic nitrogens is 2. The van der Waals surface area contributed by atoms with E-state index in [2.05, 4.69) is 70.6 Å². The van der Waals surface area contributed by atoms with Crippen molar-refractivity contribution in [2.75, 3.05) is 5.32 Å². The molecule has 2 aromatic rings. The molecule has 0 saturated heterocycles. The van der Waals surface area contributed by atoms with Crippen LogP contribution in [0.25, 0.3) is 5.69 Å². The zero-order valence-corrected chi connectivity index (χ0v) is 12.7. The monoisotopic (exact) mass is 307 g/mol. The summed E-state index contributed by atoms with van der Waals surface area (Å²) in [6.45, 7) is 8.42. The first-order chi connectivity index (χ1) is 8.49. The molecular weight excluding hydrogens is 290 g/mol. The lowest BCUT2D eigenvalue weighted by atomic mass is 10.1. The van der Waals surface area contributed by atoms with Gasteiger partial charge in [-0.25, -0.2) is 4.98 Å². The van der Waals surface area contributed by atoms with Crippen LogP contribution in [0.1, 0.15) is 25.0 Å². The molecule has 0 saturated carbocycles. The van der Waals surface area contributed by atoms with E-state index in [0.717, 1.165) is 11.6 Å². The summed E-state index contributed by atoms with van der Waals surface area (Å²) in [5.74, 6) is 0.881. The number of benzene rings is 1. The average Bonchev–Trinajstić information content (AvgIpc) is 2.72. The van der Waals surface area contributed by atoms with Gasteiger partial charge in [0.25, 0.3) is 0 Å². The van der Waals surface area contributed by atoms with Gasteiger partial charge in [-0.15, -0.1) is 0 Å². The third-order valence-electron chi connectivity index (χ3n) is 2.76. The zero-order chi connectivity index (χ0) is 13.3. The standard InChI is InChI=1S/C14H18BrN3/c1-9(2)17-14-16-5-6-18(14)12-7-10(3)13(15)11(4)8-12/h5-9H,1-4H3,(H,16,17). The summed E-state index contributed by atoms with van der Waals surface area (Å²) in [6, 6.07) is 4.68. The van der Waals surface area contributed by atoms with Crippen molar-refractivity contribution in [3.05, 3.63) is 40.1 Å². The molecule has 0 aliphatic carbocycles. The largest absolute Gasteiger partial charge is 0.353 e. The second-order valence-corrected chi connectivity index (χ2v) is 5.61. The maximum Gasteiger partial charge on any atom is 0.207 e. The molecule has 2 rings (SSSR count). The topological polar surface area (TPSA) is 29.9 Å². The molecule has 0 radical (unpaired) electrons. The van der Waals surface area contributed by atoms with Crippen LogP contribution in [0.15, 0.2) is 29.0 Å². The van der Waals surface area contributed by atoms with Crippen LogP contribution in [0.3, 0.4) is 0 Å². The molecule has 1 heterocycles. The Morgan fingerprint density at radius 1 is 1.22 bits per heavy atom. The smallest absolute Gasteiger partial charge is 0.207 e. The number of nitrogens with one attached hydrogen (secondary N) is 1. The van der Waals surface area contributed by atoms with E-state index in [1.54, 1.807) is 0 Å². The van der Waals surface area contributed by atoms with E-state index in [1.165, 1.54) is 15.6 Å². The number of nitrogens with zero attached hydrogens (tertiary/aromatic N) is 2. The van der Waals surface area contributed by atoms with E-state index in [9.17, 15) is 0 Å². The number of imidazole rings is 1. The van der Waals surface area contributed by atoms with Gasteiger partial charge < -0.3 is 5.32 Å². The van der Waals surface area contributed by atoms with Crippen molar-refractivity contribution in [2.45, 2.75) is 33.7 Å². The van der Waals surface area contributed by atoms with Gasteiger partial charge in [0.1, 0.15) is 0 Å². The lowest BCUT2D eigenvalue weighted by Gasteiger charge is -2.14. The Balaban J connectivity index is 2.46. The molecule has 0 amide bonds. The van der Waals surface area contributed by atoms with Gasteiger partial charge in [0.2, 0.25) is 5.95 Å². The van der Waals surface area contributed by atoms with Gasteiger partial charge in [-0.1, -0.05) is 15.9 Å². The molecule has 0 unspecified atom stereocenters. The van der Waals surface area contributed by atoms with Crippen molar-refractivity contribution in [1.82, 2.24) is 9.55 Å². The van der Waals surface area contributed by atoms with Crippen LogP contribution < -0.4 is 5.32 Å². The highest BCUT2D eigenvalue weighted by Crippen LogP contribution is 2.25. The Bertz CT molecular complexity index is 535. The van der Waals surface area contributed by atoms with Crippen molar-refractivity contribution in [3.63, 3.8) is 0 Å². The Kier molecular flexibility index (Phi) is 3.76. The molecular formula is C14H18BrN3. The van der Waals surface area contributed by atoms with Gasteiger partial charge in [0.05, 0.1) is 0 Å². The van der Waals surface area contributed by atoms with Gasteiger partial charge in [0.15, 0.2) is 0 Å². The van der Waals surface area contributed by atoms with E-state index < -0.39 is 0 Å². The van der Waals surface area contributed by atoms with Gasteiger partial charge >= 0.3 is 0 Å². The Morgan fingerprint density at radius 3 is 2.39 bits per heavy atom. The average molecular weight is 308 g/mol. The fraction of sp³-hybridized carbons (Fsp3) is 0.357. The van der Waals surface area contributed by atoms with Crippen LogP contribution in [0.5, 0.6) is 0 Å². The normalized spacial score (nSPS) is 11.0. The minimum atomic E-state index is 0.365. The molecule has 1 N–H and O–H groups in total. The molecule has 4 heteroatoms. The third kappa shape index (κ3) is 2.58. The number of aryl methyl sites for hydroxylation is 2. The van der Waals surface area contributed by atoms with Gasteiger partial charge in [-0.05, 0) is 51.0 Å². The summed E-state index contributed by atoms with van der Waals surface area (Å²) in [6.07, 6.45) is 3.80. The molecule has 3 nitrogen and oxygen atoms in total. The Labute approximate surface area is 116 Å². The van der Waals surface area contributed by atoms with E-state index in [4.69, 9.17) is 0 Å². The molecule has 96 valence electrons. The zero-order valence-electron chi connectivity index (χ0n) is 11.2. The second-order valence-electron chi connectivity index (χ2n) is 4.81. The second kappa shape index (κ2) is 5.14. The minimum Gasteiger partial charge on any atom is -0.353 e. The number of hydrogen-bond acceptors (Lipinski definition) is 2. The summed E-state index contributed by atoms with van der Waals surface area (Å²) in [4.78, 5) is 4.35. The van der Waals surface area contributed by atoms with Crippen LogP contribution in [0.4, 0.5) is 5.95 Å². The van der Waals surface area contributed by atoms with Gasteiger partial charge in [0, 0.05) is 28.6 Å². The summed E-state index contributed by atoms with van der Waals surface area (Å²) in [5.41, 5.74) is 3.59. The maximum atomic E-state index is 4.35. The van der Waals surface area contributed by atoms with Crippen molar-refractivity contribution < 1.29 is 0 Å². The Hall–Kier alpha value is -1.29. The maximum absolute atomic E-state index is 4.35. The molecule has 0 spiro atoms. The summed E-state index contributed by atoms with van der Waals surface area (Å²) < 4.78 is 3.25. The van der Waals surface area contributed by atoms with Crippen molar-refractivity contribution in [2.24, 2.45) is 0 Å². The molecule has 0 aliphatic heterocycles. The molecule has 0 aliphatic rings. The summed E-state index contributed by atoms with van der Waals surface area (Å²) >= 11 is 3.59. The van der Waals surface area contributed by atoms with Crippen LogP contribution in [-0.2, 0) is 0 Å². The molecule has 0 bridgehead atoms. The fourth-order valence-corrected chi connectivity index (χ4v) is 2.17. The van der Waals surface area contributed by atoms with E-state index >= 15 is 0 Å². The molecule has 1 aromatic carbocycles. The predicted octanol–water partition coefficient (Wildman–Crippen LogP) is 4.07.